The van der Waals surface area contributed by atoms with Gasteiger partial charge in [0.05, 0.1) is 29.5 Å². The molecule has 0 spiro atoms. The molecule has 2 atom stereocenters. The van der Waals surface area contributed by atoms with E-state index in [-0.39, 0.29) is 42.7 Å². The highest BCUT2D eigenvalue weighted by Crippen LogP contribution is 2.31. The first-order valence-electron chi connectivity index (χ1n) is 13.0. The second-order valence-electron chi connectivity index (χ2n) is 9.45. The number of hydrogen-bond donors (Lipinski definition) is 1. The minimum absolute atomic E-state index is 0.0172. The van der Waals surface area contributed by atoms with Gasteiger partial charge in [0.1, 0.15) is 12.6 Å². The van der Waals surface area contributed by atoms with Crippen molar-refractivity contribution >= 4 is 62.2 Å². The van der Waals surface area contributed by atoms with Crippen LogP contribution in [0.2, 0.25) is 0 Å². The molecule has 0 saturated carbocycles. The molecule has 218 valence electrons. The summed E-state index contributed by atoms with van der Waals surface area (Å²) in [6.07, 6.45) is 7.04. The lowest BCUT2D eigenvalue weighted by molar-refractivity contribution is -0.144. The predicted molar refractivity (Wildman–Crippen MR) is 158 cm³/mol. The summed E-state index contributed by atoms with van der Waals surface area (Å²) in [6, 6.07) is 9.04. The number of allylic oxidation sites excluding steroid dienone is 4. The lowest BCUT2D eigenvalue weighted by Gasteiger charge is -2.20. The highest BCUT2D eigenvalue weighted by Gasteiger charge is 2.40. The van der Waals surface area contributed by atoms with Gasteiger partial charge in [-0.2, -0.15) is 4.72 Å². The number of thioether (sulfide) groups is 1. The minimum Gasteiger partial charge on any atom is -0.465 e. The van der Waals surface area contributed by atoms with Gasteiger partial charge in [0.15, 0.2) is 0 Å². The van der Waals surface area contributed by atoms with Crippen LogP contribution in [0.4, 0.5) is 5.69 Å². The quantitative estimate of drug-likeness (QED) is 0.114. The number of benzene rings is 2. The Kier molecular flexibility index (Phi) is 9.84. The molecule has 1 N–H and O–H groups in total. The summed E-state index contributed by atoms with van der Waals surface area (Å²) in [5.74, 6) is -1.67. The number of sulfonamides is 1. The van der Waals surface area contributed by atoms with Gasteiger partial charge in [0.25, 0.3) is 0 Å². The van der Waals surface area contributed by atoms with Gasteiger partial charge < -0.3 is 14.5 Å². The average Bonchev–Trinajstić information content (AvgIpc) is 3.18. The van der Waals surface area contributed by atoms with Crippen molar-refractivity contribution in [1.29, 1.82) is 0 Å². The van der Waals surface area contributed by atoms with Crippen molar-refractivity contribution < 1.29 is 32.4 Å². The molecule has 2 unspecified atom stereocenters. The number of nitrogens with one attached hydrogen (secondary N) is 1. The molecule has 2 aliphatic rings. The molecule has 4 rings (SSSR count). The molecule has 2 amide bonds. The Labute approximate surface area is 243 Å². The van der Waals surface area contributed by atoms with Crippen LogP contribution in [-0.4, -0.2) is 88.2 Å². The fourth-order valence-electron chi connectivity index (χ4n) is 4.34. The van der Waals surface area contributed by atoms with E-state index in [4.69, 9.17) is 9.57 Å². The second kappa shape index (κ2) is 13.3. The van der Waals surface area contributed by atoms with E-state index in [0.29, 0.717) is 5.39 Å². The van der Waals surface area contributed by atoms with Crippen LogP contribution in [0.3, 0.4) is 0 Å². The van der Waals surface area contributed by atoms with Gasteiger partial charge in [-0.1, -0.05) is 47.6 Å². The number of hydrogen-bond acceptors (Lipinski definition) is 10. The van der Waals surface area contributed by atoms with E-state index in [1.807, 2.05) is 49.4 Å². The van der Waals surface area contributed by atoms with E-state index in [9.17, 15) is 22.8 Å². The zero-order valence-electron chi connectivity index (χ0n) is 23.0. The molecular weight excluding hydrogens is 568 g/mol. The number of imide groups is 1. The molecular formula is C28H32N4O7S2. The maximum Gasteiger partial charge on any atom is 0.325 e. The topological polar surface area (TPSA) is 135 Å². The first-order chi connectivity index (χ1) is 19.6. The van der Waals surface area contributed by atoms with Crippen LogP contribution in [0.1, 0.15) is 13.3 Å². The lowest BCUT2D eigenvalue weighted by atomic mass is 10.1. The van der Waals surface area contributed by atoms with Gasteiger partial charge >= 0.3 is 5.97 Å². The van der Waals surface area contributed by atoms with E-state index in [2.05, 4.69) is 9.88 Å². The zero-order chi connectivity index (χ0) is 29.6. The van der Waals surface area contributed by atoms with Crippen molar-refractivity contribution in [3.05, 3.63) is 60.2 Å². The van der Waals surface area contributed by atoms with E-state index >= 15 is 0 Å². The zero-order valence-corrected chi connectivity index (χ0v) is 24.6. The van der Waals surface area contributed by atoms with Crippen LogP contribution in [-0.2, 0) is 34.0 Å². The largest absolute Gasteiger partial charge is 0.465 e. The first-order valence-corrected chi connectivity index (χ1v) is 15.5. The van der Waals surface area contributed by atoms with Crippen LogP contribution in [0.15, 0.2) is 70.3 Å². The second-order valence-corrected chi connectivity index (χ2v) is 12.4. The standard InChI is InChI=1S/C28H32N4O7S2/c1-4-38-28(35)22(30-41(36,37)25-13-7-10-20-21(25)11-6-12-23(20)31(2)3)18-40-24-16-26(33)32(27(24)34)14-15-39-29-17-19-8-5-9-19/h5-13,17,22,24,30H,4,14-16,18H2,1-3H3/b29-17+. The fourth-order valence-corrected chi connectivity index (χ4v) is 7.03. The summed E-state index contributed by atoms with van der Waals surface area (Å²) < 4.78 is 34.7. The number of amides is 2. The Morgan fingerprint density at radius 2 is 1.95 bits per heavy atom. The molecule has 0 radical (unpaired) electrons. The molecule has 11 nitrogen and oxygen atoms in total. The molecule has 13 heteroatoms. The monoisotopic (exact) mass is 600 g/mol. The molecule has 1 saturated heterocycles. The van der Waals surface area contributed by atoms with Crippen molar-refractivity contribution in [3.8, 4) is 0 Å². The van der Waals surface area contributed by atoms with Crippen molar-refractivity contribution in [2.24, 2.45) is 5.16 Å². The van der Waals surface area contributed by atoms with Gasteiger partial charge in [0.2, 0.25) is 21.8 Å². The third-order valence-electron chi connectivity index (χ3n) is 6.43. The van der Waals surface area contributed by atoms with Crippen LogP contribution >= 0.6 is 11.8 Å². The van der Waals surface area contributed by atoms with E-state index in [0.717, 1.165) is 33.3 Å². The first kappa shape index (κ1) is 30.3. The van der Waals surface area contributed by atoms with Crippen molar-refractivity contribution in [3.63, 3.8) is 0 Å². The van der Waals surface area contributed by atoms with Crippen molar-refractivity contribution in [2.45, 2.75) is 29.5 Å². The summed E-state index contributed by atoms with van der Waals surface area (Å²) in [4.78, 5) is 46.3. The Balaban J connectivity index is 1.43. The van der Waals surface area contributed by atoms with E-state index < -0.39 is 33.2 Å². The summed E-state index contributed by atoms with van der Waals surface area (Å²) in [5, 5.41) is 4.27. The fraction of sp³-hybridized carbons (Fsp3) is 0.357. The lowest BCUT2D eigenvalue weighted by Crippen LogP contribution is -2.44. The maximum absolute atomic E-state index is 13.5. The van der Waals surface area contributed by atoms with Crippen LogP contribution in [0.25, 0.3) is 10.8 Å². The SMILES string of the molecule is CCOC(=O)C(CSC1CC(=O)N(CCO/N=C/C2=CC=C2)C1=O)NS(=O)(=O)c1cccc2c(N(C)C)cccc12. The van der Waals surface area contributed by atoms with Crippen LogP contribution < -0.4 is 9.62 Å². The van der Waals surface area contributed by atoms with Crippen molar-refractivity contribution in [1.82, 2.24) is 9.62 Å². The maximum atomic E-state index is 13.5. The average molecular weight is 601 g/mol. The number of esters is 1. The molecule has 1 aliphatic carbocycles. The van der Waals surface area contributed by atoms with Crippen molar-refractivity contribution in [2.75, 3.05) is 44.5 Å². The molecule has 1 aliphatic heterocycles. The molecule has 0 aromatic heterocycles. The number of rotatable bonds is 14. The number of carbonyl (C=O) groups is 3. The summed E-state index contributed by atoms with van der Waals surface area (Å²) >= 11 is 1.03. The summed E-state index contributed by atoms with van der Waals surface area (Å²) in [6.45, 7) is 1.74. The van der Waals surface area contributed by atoms with Gasteiger partial charge in [-0.25, -0.2) is 8.42 Å². The number of anilines is 1. The van der Waals surface area contributed by atoms with Crippen LogP contribution in [0.5, 0.6) is 0 Å². The molecule has 2 aromatic rings. The summed E-state index contributed by atoms with van der Waals surface area (Å²) in [5.41, 5.74) is 1.75. The van der Waals surface area contributed by atoms with Gasteiger partial charge in [-0.3, -0.25) is 19.3 Å². The summed E-state index contributed by atoms with van der Waals surface area (Å²) in [7, 11) is -0.444. The number of fused-ring (bicyclic) bond motifs is 1. The third kappa shape index (κ3) is 7.16. The molecule has 0 bridgehead atoms. The molecule has 1 fully saturated rings. The Morgan fingerprint density at radius 3 is 2.63 bits per heavy atom. The predicted octanol–water partition coefficient (Wildman–Crippen LogP) is 2.48. The minimum atomic E-state index is -4.18. The van der Waals surface area contributed by atoms with Gasteiger partial charge in [-0.05, 0) is 24.6 Å². The number of ether oxygens (including phenoxy) is 1. The number of carbonyl (C=O) groups excluding carboxylic acids is 3. The molecule has 41 heavy (non-hydrogen) atoms. The highest BCUT2D eigenvalue weighted by molar-refractivity contribution is 8.00. The Morgan fingerprint density at radius 1 is 1.22 bits per heavy atom. The number of likely N-dealkylation sites (tertiary alicyclic amines) is 1. The molecule has 1 heterocycles. The Bertz CT molecular complexity index is 1520. The number of nitrogens with zero attached hydrogens (tertiary/aromatic N) is 3. The normalized spacial score (nSPS) is 17.6. The van der Waals surface area contributed by atoms with Gasteiger partial charge in [0, 0.05) is 42.7 Å². The highest BCUT2D eigenvalue weighted by atomic mass is 32.2. The Hall–Kier alpha value is -3.68. The van der Waals surface area contributed by atoms with E-state index in [1.54, 1.807) is 25.1 Å². The van der Waals surface area contributed by atoms with Crippen LogP contribution in [0, 0.1) is 0 Å². The smallest absolute Gasteiger partial charge is 0.325 e. The third-order valence-corrected chi connectivity index (χ3v) is 9.25. The number of oxime groups is 1. The molecule has 2 aromatic carbocycles. The van der Waals surface area contributed by atoms with E-state index in [1.165, 1.54) is 12.3 Å². The van der Waals surface area contributed by atoms with Gasteiger partial charge in [-0.15, -0.1) is 11.8 Å².